The summed E-state index contributed by atoms with van der Waals surface area (Å²) in [5.41, 5.74) is -2.34. The average molecular weight is 651 g/mol. The van der Waals surface area contributed by atoms with Gasteiger partial charge in [0.2, 0.25) is 6.29 Å². The third kappa shape index (κ3) is 4.39. The van der Waals surface area contributed by atoms with Gasteiger partial charge in [-0.05, 0) is 98.7 Å². The predicted octanol–water partition coefficient (Wildman–Crippen LogP) is 2.44. The Labute approximate surface area is 273 Å². The Kier molecular flexibility index (Phi) is 8.46. The molecule has 7 N–H and O–H groups in total. The lowest BCUT2D eigenvalue weighted by atomic mass is 9.33. The molecule has 10 heteroatoms. The summed E-state index contributed by atoms with van der Waals surface area (Å²) in [6.07, 6.45) is 0.492. The van der Waals surface area contributed by atoms with Crippen LogP contribution in [0.2, 0.25) is 0 Å². The number of aliphatic hydroxyl groups excluding tert-OH is 6. The number of carbonyl (C=O) groups excluding carboxylic acids is 1. The normalized spacial score (nSPS) is 56.8. The highest BCUT2D eigenvalue weighted by Crippen LogP contribution is 2.76. The van der Waals surface area contributed by atoms with Crippen LogP contribution >= 0.6 is 0 Å². The van der Waals surface area contributed by atoms with Gasteiger partial charge in [-0.15, -0.1) is 0 Å². The minimum absolute atomic E-state index is 0.0435. The summed E-state index contributed by atoms with van der Waals surface area (Å²) < 4.78 is 11.5. The number of aliphatic hydroxyl groups is 7. The van der Waals surface area contributed by atoms with E-state index in [4.69, 9.17) is 9.47 Å². The molecular formula is C36H58O10. The molecule has 0 radical (unpaired) electrons. The van der Waals surface area contributed by atoms with Crippen molar-refractivity contribution in [1.82, 2.24) is 0 Å². The molecule has 1 saturated heterocycles. The molecule has 1 aliphatic heterocycles. The zero-order valence-corrected chi connectivity index (χ0v) is 28.5. The van der Waals surface area contributed by atoms with Crippen LogP contribution in [-0.4, -0.2) is 97.3 Å². The molecular weight excluding hydrogens is 592 g/mol. The van der Waals surface area contributed by atoms with Gasteiger partial charge < -0.3 is 45.2 Å². The van der Waals surface area contributed by atoms with E-state index in [1.54, 1.807) is 0 Å². The smallest absolute Gasteiger partial charge is 0.315 e. The summed E-state index contributed by atoms with van der Waals surface area (Å²) in [6, 6.07) is 0. The summed E-state index contributed by atoms with van der Waals surface area (Å²) in [5.74, 6) is -0.749. The lowest BCUT2D eigenvalue weighted by Crippen LogP contribution is -2.68. The molecule has 0 aromatic heterocycles. The lowest BCUT2D eigenvalue weighted by molar-refractivity contribution is -0.299. The summed E-state index contributed by atoms with van der Waals surface area (Å²) in [7, 11) is 0. The van der Waals surface area contributed by atoms with Gasteiger partial charge in [0, 0.05) is 11.3 Å². The highest BCUT2D eigenvalue weighted by atomic mass is 16.7. The highest BCUT2D eigenvalue weighted by molar-refractivity contribution is 5.79. The number of ether oxygens (including phenoxy) is 2. The van der Waals surface area contributed by atoms with Gasteiger partial charge in [0.1, 0.15) is 24.4 Å². The number of fused-ring (bicyclic) bond motifs is 7. The summed E-state index contributed by atoms with van der Waals surface area (Å²) in [5, 5.41) is 75.0. The van der Waals surface area contributed by atoms with Crippen LogP contribution < -0.4 is 0 Å². The van der Waals surface area contributed by atoms with Gasteiger partial charge in [-0.25, -0.2) is 0 Å². The van der Waals surface area contributed by atoms with E-state index in [9.17, 15) is 40.5 Å². The Morgan fingerprint density at radius 3 is 2.24 bits per heavy atom. The Balaban J connectivity index is 1.39. The number of carbonyl (C=O) groups is 1. The van der Waals surface area contributed by atoms with E-state index in [0.29, 0.717) is 38.0 Å². The van der Waals surface area contributed by atoms with E-state index in [0.717, 1.165) is 31.3 Å². The molecule has 0 amide bonds. The molecule has 5 aliphatic carbocycles. The quantitative estimate of drug-likeness (QED) is 0.177. The molecule has 6 rings (SSSR count). The SMILES string of the molecule is C[C@@H]1CC[C@]2(C(=O)O[C@H]3O[C@@H](CO)[C@H](O)[C@@H](O)[C@@H]3O)CC[C@]3(C)C(=CCC4[C@@]5(C)CC[C@H](O)[C@@](C)(CO)C5CC[C@]43C)C2[C@]1(C)O. The molecule has 4 saturated carbocycles. The Bertz CT molecular complexity index is 1240. The molecule has 0 aromatic rings. The molecule has 0 bridgehead atoms. The van der Waals surface area contributed by atoms with Crippen molar-refractivity contribution in [3.05, 3.63) is 11.6 Å². The van der Waals surface area contributed by atoms with Gasteiger partial charge in [-0.3, -0.25) is 4.79 Å². The largest absolute Gasteiger partial charge is 0.432 e. The zero-order valence-electron chi connectivity index (χ0n) is 28.5. The average Bonchev–Trinajstić information content (AvgIpc) is 3.01. The highest BCUT2D eigenvalue weighted by Gasteiger charge is 2.72. The maximum absolute atomic E-state index is 14.5. The zero-order chi connectivity index (χ0) is 33.8. The van der Waals surface area contributed by atoms with Crippen LogP contribution in [0.5, 0.6) is 0 Å². The monoisotopic (exact) mass is 650 g/mol. The predicted molar refractivity (Wildman–Crippen MR) is 168 cm³/mol. The van der Waals surface area contributed by atoms with Crippen LogP contribution in [0.15, 0.2) is 11.6 Å². The second-order valence-corrected chi connectivity index (χ2v) is 17.4. The van der Waals surface area contributed by atoms with E-state index >= 15 is 0 Å². The first-order chi connectivity index (χ1) is 21.4. The molecule has 46 heavy (non-hydrogen) atoms. The first kappa shape index (κ1) is 34.7. The van der Waals surface area contributed by atoms with Crippen molar-refractivity contribution in [1.29, 1.82) is 0 Å². The fourth-order valence-corrected chi connectivity index (χ4v) is 12.3. The fraction of sp³-hybridized carbons (Fsp3) is 0.917. The van der Waals surface area contributed by atoms with Crippen molar-refractivity contribution in [2.45, 2.75) is 142 Å². The van der Waals surface area contributed by atoms with E-state index in [-0.39, 0.29) is 34.7 Å². The van der Waals surface area contributed by atoms with Crippen molar-refractivity contribution in [3.8, 4) is 0 Å². The van der Waals surface area contributed by atoms with Crippen LogP contribution in [0.25, 0.3) is 0 Å². The Morgan fingerprint density at radius 1 is 0.891 bits per heavy atom. The Hall–Kier alpha value is -1.11. The summed E-state index contributed by atoms with van der Waals surface area (Å²) in [6.45, 7) is 12.3. The number of esters is 1. The van der Waals surface area contributed by atoms with Gasteiger partial charge in [-0.2, -0.15) is 0 Å². The molecule has 10 nitrogen and oxygen atoms in total. The first-order valence-electron chi connectivity index (χ1n) is 17.6. The molecule has 16 atom stereocenters. The summed E-state index contributed by atoms with van der Waals surface area (Å²) in [4.78, 5) is 14.5. The Morgan fingerprint density at radius 2 is 1.59 bits per heavy atom. The van der Waals surface area contributed by atoms with Crippen LogP contribution in [0.1, 0.15) is 99.3 Å². The number of rotatable bonds is 4. The molecule has 262 valence electrons. The standard InChI is InChI=1S/C36H58O10/c1-19-9-14-36(30(43)46-29-27(42)26(41)25(40)21(17-37)45-29)16-15-33(4)20(28(36)35(19,6)44)7-8-23-31(2)12-11-24(39)32(3,18-38)22(31)10-13-34(23,33)5/h7,19,21-29,37-42,44H,8-18H2,1-6H3/t19-,21+,22?,23?,24+,25+,26-,27+,28?,29-,31+,32+,33-,34-,35-,36+/m1/s1. The van der Waals surface area contributed by atoms with Crippen LogP contribution in [0.3, 0.4) is 0 Å². The van der Waals surface area contributed by atoms with Crippen molar-refractivity contribution in [2.24, 2.45) is 50.7 Å². The molecule has 1 heterocycles. The van der Waals surface area contributed by atoms with Gasteiger partial charge in [0.05, 0.1) is 30.3 Å². The van der Waals surface area contributed by atoms with Crippen LogP contribution in [-0.2, 0) is 14.3 Å². The van der Waals surface area contributed by atoms with Crippen molar-refractivity contribution in [2.75, 3.05) is 13.2 Å². The van der Waals surface area contributed by atoms with Crippen molar-refractivity contribution in [3.63, 3.8) is 0 Å². The number of hydrogen-bond donors (Lipinski definition) is 7. The third-order valence-electron chi connectivity index (χ3n) is 15.7. The summed E-state index contributed by atoms with van der Waals surface area (Å²) >= 11 is 0. The number of allylic oxidation sites excluding steroid dienone is 1. The molecule has 0 spiro atoms. The van der Waals surface area contributed by atoms with E-state index < -0.39 is 71.7 Å². The number of hydrogen-bond acceptors (Lipinski definition) is 10. The van der Waals surface area contributed by atoms with Gasteiger partial charge in [0.25, 0.3) is 0 Å². The maximum atomic E-state index is 14.5. The third-order valence-corrected chi connectivity index (χ3v) is 15.7. The van der Waals surface area contributed by atoms with E-state index in [2.05, 4.69) is 26.8 Å². The minimum Gasteiger partial charge on any atom is -0.432 e. The van der Waals surface area contributed by atoms with Gasteiger partial charge in [0.15, 0.2) is 0 Å². The lowest BCUT2D eigenvalue weighted by Gasteiger charge is -2.72. The molecule has 6 aliphatic rings. The van der Waals surface area contributed by atoms with E-state index in [1.165, 1.54) is 0 Å². The second-order valence-electron chi connectivity index (χ2n) is 17.4. The first-order valence-corrected chi connectivity index (χ1v) is 17.6. The topological polar surface area (TPSA) is 177 Å². The van der Waals surface area contributed by atoms with Crippen LogP contribution in [0.4, 0.5) is 0 Å². The molecule has 3 unspecified atom stereocenters. The van der Waals surface area contributed by atoms with E-state index in [1.807, 2.05) is 20.8 Å². The van der Waals surface area contributed by atoms with Crippen molar-refractivity contribution >= 4 is 5.97 Å². The second kappa shape index (κ2) is 11.2. The van der Waals surface area contributed by atoms with Crippen molar-refractivity contribution < 1.29 is 50.0 Å². The molecule has 5 fully saturated rings. The van der Waals surface area contributed by atoms with Gasteiger partial charge in [-0.1, -0.05) is 46.3 Å². The van der Waals surface area contributed by atoms with Crippen LogP contribution in [0, 0.1) is 50.7 Å². The fourth-order valence-electron chi connectivity index (χ4n) is 12.3. The maximum Gasteiger partial charge on any atom is 0.315 e. The minimum atomic E-state index is -1.70. The molecule has 0 aromatic carbocycles. The van der Waals surface area contributed by atoms with Gasteiger partial charge >= 0.3 is 5.97 Å².